The zero-order valence-corrected chi connectivity index (χ0v) is 15.8. The summed E-state index contributed by atoms with van der Waals surface area (Å²) in [5, 5.41) is 0. The van der Waals surface area contributed by atoms with Gasteiger partial charge in [0.25, 0.3) is 0 Å². The van der Waals surface area contributed by atoms with E-state index in [0.717, 1.165) is 5.56 Å². The highest BCUT2D eigenvalue weighted by Crippen LogP contribution is 2.20. The Balaban J connectivity index is 1.57. The number of benzene rings is 2. The van der Waals surface area contributed by atoms with E-state index in [4.69, 9.17) is 0 Å². The number of anilines is 1. The predicted molar refractivity (Wildman–Crippen MR) is 103 cm³/mol. The van der Waals surface area contributed by atoms with E-state index < -0.39 is 0 Å². The van der Waals surface area contributed by atoms with E-state index in [0.29, 0.717) is 31.9 Å². The van der Waals surface area contributed by atoms with E-state index >= 15 is 0 Å². The molecule has 1 aliphatic heterocycles. The highest BCUT2D eigenvalue weighted by Gasteiger charge is 2.24. The van der Waals surface area contributed by atoms with Crippen molar-refractivity contribution in [1.29, 1.82) is 0 Å². The number of nitrogens with zero attached hydrogens (tertiary/aromatic N) is 3. The summed E-state index contributed by atoms with van der Waals surface area (Å²) in [6.07, 6.45) is 0. The molecule has 28 heavy (non-hydrogen) atoms. The molecule has 2 amide bonds. The van der Waals surface area contributed by atoms with Crippen molar-refractivity contribution in [3.8, 4) is 0 Å². The Hall–Kier alpha value is -2.96. The molecule has 0 atom stereocenters. The lowest BCUT2D eigenvalue weighted by atomic mass is 10.2. The van der Waals surface area contributed by atoms with Gasteiger partial charge in [-0.05, 0) is 29.8 Å². The number of halogens is 2. The predicted octanol–water partition coefficient (Wildman–Crippen LogP) is 2.66. The molecule has 0 radical (unpaired) electrons. The van der Waals surface area contributed by atoms with Crippen LogP contribution in [0.3, 0.4) is 0 Å². The van der Waals surface area contributed by atoms with Crippen LogP contribution in [0, 0.1) is 11.6 Å². The number of hydrogen-bond donors (Lipinski definition) is 0. The molecule has 0 spiro atoms. The number of amides is 2. The minimum Gasteiger partial charge on any atom is -0.366 e. The number of hydrogen-bond acceptors (Lipinski definition) is 3. The molecule has 1 saturated heterocycles. The summed E-state index contributed by atoms with van der Waals surface area (Å²) in [5.74, 6) is -0.987. The lowest BCUT2D eigenvalue weighted by Crippen LogP contribution is -2.51. The second-order valence-corrected chi connectivity index (χ2v) is 6.82. The molecule has 0 saturated carbocycles. The van der Waals surface area contributed by atoms with Crippen LogP contribution in [0.25, 0.3) is 0 Å². The fourth-order valence-corrected chi connectivity index (χ4v) is 3.26. The van der Waals surface area contributed by atoms with Crippen molar-refractivity contribution in [1.82, 2.24) is 9.80 Å². The first-order valence-electron chi connectivity index (χ1n) is 9.21. The molecule has 0 N–H and O–H groups in total. The van der Waals surface area contributed by atoms with Crippen molar-refractivity contribution >= 4 is 17.5 Å². The molecule has 1 fully saturated rings. The normalized spacial score (nSPS) is 14.1. The van der Waals surface area contributed by atoms with Crippen LogP contribution >= 0.6 is 0 Å². The van der Waals surface area contributed by atoms with Crippen molar-refractivity contribution in [3.05, 3.63) is 65.7 Å². The molecule has 0 bridgehead atoms. The monoisotopic (exact) mass is 387 g/mol. The molecule has 7 heteroatoms. The minimum atomic E-state index is -0.345. The first kappa shape index (κ1) is 19.8. The third-order valence-electron chi connectivity index (χ3n) is 4.88. The number of para-hydroxylation sites is 1. The van der Waals surface area contributed by atoms with Gasteiger partial charge in [0.05, 0.1) is 5.69 Å². The topological polar surface area (TPSA) is 43.9 Å². The van der Waals surface area contributed by atoms with Crippen LogP contribution in [-0.2, 0) is 16.1 Å². The van der Waals surface area contributed by atoms with Crippen LogP contribution in [0.15, 0.2) is 48.5 Å². The van der Waals surface area contributed by atoms with Crippen molar-refractivity contribution in [2.75, 3.05) is 37.6 Å². The molecular weight excluding hydrogens is 364 g/mol. The minimum absolute atomic E-state index is 0.0353. The molecule has 2 aromatic carbocycles. The smallest absolute Gasteiger partial charge is 0.242 e. The molecule has 0 aromatic heterocycles. The fraction of sp³-hybridized carbons (Fsp3) is 0.333. The zero-order valence-electron chi connectivity index (χ0n) is 15.8. The highest BCUT2D eigenvalue weighted by molar-refractivity contribution is 5.84. The van der Waals surface area contributed by atoms with Gasteiger partial charge in [0, 0.05) is 39.6 Å². The van der Waals surface area contributed by atoms with Crippen LogP contribution in [0.4, 0.5) is 14.5 Å². The Morgan fingerprint density at radius 1 is 0.964 bits per heavy atom. The van der Waals surface area contributed by atoms with E-state index in [2.05, 4.69) is 0 Å². The molecule has 0 unspecified atom stereocenters. The van der Waals surface area contributed by atoms with Crippen molar-refractivity contribution in [3.63, 3.8) is 0 Å². The summed E-state index contributed by atoms with van der Waals surface area (Å²) in [6.45, 7) is 3.62. The van der Waals surface area contributed by atoms with Gasteiger partial charge in [-0.15, -0.1) is 0 Å². The number of rotatable bonds is 5. The van der Waals surface area contributed by atoms with E-state index in [1.165, 1.54) is 30.0 Å². The number of carbonyl (C=O) groups is 2. The number of carbonyl (C=O) groups excluding carboxylic acids is 2. The first-order chi connectivity index (χ1) is 13.4. The van der Waals surface area contributed by atoms with E-state index in [1.54, 1.807) is 35.2 Å². The van der Waals surface area contributed by atoms with Crippen LogP contribution < -0.4 is 4.90 Å². The van der Waals surface area contributed by atoms with Crippen LogP contribution in [0.5, 0.6) is 0 Å². The molecular formula is C21H23F2N3O2. The summed E-state index contributed by atoms with van der Waals surface area (Å²) < 4.78 is 27.0. The average molecular weight is 387 g/mol. The molecule has 3 rings (SSSR count). The summed E-state index contributed by atoms with van der Waals surface area (Å²) in [4.78, 5) is 29.6. The fourth-order valence-electron chi connectivity index (χ4n) is 3.26. The van der Waals surface area contributed by atoms with Crippen molar-refractivity contribution in [2.24, 2.45) is 0 Å². The maximum atomic E-state index is 13.9. The van der Waals surface area contributed by atoms with Gasteiger partial charge in [-0.2, -0.15) is 0 Å². The summed E-state index contributed by atoms with van der Waals surface area (Å²) in [5.41, 5.74) is 1.30. The lowest BCUT2D eigenvalue weighted by molar-refractivity contribution is -0.140. The quantitative estimate of drug-likeness (QED) is 0.792. The first-order valence-corrected chi connectivity index (χ1v) is 9.21. The Morgan fingerprint density at radius 3 is 2.21 bits per heavy atom. The van der Waals surface area contributed by atoms with E-state index in [1.807, 2.05) is 4.90 Å². The second kappa shape index (κ2) is 8.82. The SMILES string of the molecule is CC(=O)N(CC(=O)N1CCN(c2ccccc2F)CC1)Cc1ccc(F)cc1. The number of piperazine rings is 1. The standard InChI is InChI=1S/C21H23F2N3O2/c1-16(27)26(14-17-6-8-18(22)9-7-17)15-21(28)25-12-10-24(11-13-25)20-5-3-2-4-19(20)23/h2-9H,10-15H2,1H3. The van der Waals surface area contributed by atoms with Gasteiger partial charge in [-0.25, -0.2) is 8.78 Å². The van der Waals surface area contributed by atoms with E-state index in [-0.39, 0.29) is 36.5 Å². The Kier molecular flexibility index (Phi) is 6.23. The lowest BCUT2D eigenvalue weighted by Gasteiger charge is -2.37. The maximum absolute atomic E-state index is 13.9. The van der Waals surface area contributed by atoms with Gasteiger partial charge >= 0.3 is 0 Å². The van der Waals surface area contributed by atoms with Gasteiger partial charge < -0.3 is 14.7 Å². The molecule has 2 aromatic rings. The molecule has 0 aliphatic carbocycles. The van der Waals surface area contributed by atoms with Crippen molar-refractivity contribution < 1.29 is 18.4 Å². The van der Waals surface area contributed by atoms with Crippen LogP contribution in [0.1, 0.15) is 12.5 Å². The van der Waals surface area contributed by atoms with Crippen LogP contribution in [0.2, 0.25) is 0 Å². The molecule has 5 nitrogen and oxygen atoms in total. The third-order valence-corrected chi connectivity index (χ3v) is 4.88. The Labute approximate surface area is 163 Å². The zero-order chi connectivity index (χ0) is 20.1. The second-order valence-electron chi connectivity index (χ2n) is 6.82. The van der Waals surface area contributed by atoms with Crippen molar-refractivity contribution in [2.45, 2.75) is 13.5 Å². The van der Waals surface area contributed by atoms with E-state index in [9.17, 15) is 18.4 Å². The van der Waals surface area contributed by atoms with Crippen LogP contribution in [-0.4, -0.2) is 54.3 Å². The van der Waals surface area contributed by atoms with Gasteiger partial charge in [0.2, 0.25) is 11.8 Å². The largest absolute Gasteiger partial charge is 0.366 e. The average Bonchev–Trinajstić information content (AvgIpc) is 2.69. The highest BCUT2D eigenvalue weighted by atomic mass is 19.1. The molecule has 1 aliphatic rings. The summed E-state index contributed by atoms with van der Waals surface area (Å²) in [7, 11) is 0. The maximum Gasteiger partial charge on any atom is 0.242 e. The Morgan fingerprint density at radius 2 is 1.61 bits per heavy atom. The summed E-state index contributed by atoms with van der Waals surface area (Å²) in [6, 6.07) is 12.5. The van der Waals surface area contributed by atoms with Gasteiger partial charge in [-0.1, -0.05) is 24.3 Å². The van der Waals surface area contributed by atoms with Gasteiger partial charge in [-0.3, -0.25) is 9.59 Å². The Bertz CT molecular complexity index is 834. The summed E-state index contributed by atoms with van der Waals surface area (Å²) >= 11 is 0. The molecule has 148 valence electrons. The van der Waals surface area contributed by atoms with Gasteiger partial charge in [0.15, 0.2) is 0 Å². The third kappa shape index (κ3) is 4.85. The van der Waals surface area contributed by atoms with Gasteiger partial charge in [0.1, 0.15) is 18.2 Å². The molecule has 1 heterocycles.